The fourth-order valence-corrected chi connectivity index (χ4v) is 2.64. The Morgan fingerprint density at radius 3 is 2.32 bits per heavy atom. The zero-order valence-electron chi connectivity index (χ0n) is 12.9. The Kier molecular flexibility index (Phi) is 7.35. The van der Waals surface area contributed by atoms with E-state index in [2.05, 4.69) is 0 Å². The van der Waals surface area contributed by atoms with E-state index in [0.29, 0.717) is 32.6 Å². The first kappa shape index (κ1) is 18.5. The van der Waals surface area contributed by atoms with Gasteiger partial charge < -0.3 is 15.5 Å². The van der Waals surface area contributed by atoms with Gasteiger partial charge in [-0.2, -0.15) is 0 Å². The summed E-state index contributed by atoms with van der Waals surface area (Å²) in [4.78, 5) is 27.4. The Morgan fingerprint density at radius 2 is 1.68 bits per heavy atom. The van der Waals surface area contributed by atoms with Gasteiger partial charge in [0.2, 0.25) is 11.8 Å². The maximum atomic E-state index is 12.4. The fourth-order valence-electron chi connectivity index (χ4n) is 2.64. The standard InChI is InChI=1S/C16H23N3O2.ClH/c1-13(20)18-8-5-9-19(11-10-18)16(21)15(17)12-14-6-3-2-4-7-14;/h2-4,6-7,15H,5,8-12,17H2,1H3;1H. The molecular formula is C16H24ClN3O2. The normalized spacial score (nSPS) is 16.5. The second kappa shape index (κ2) is 8.76. The molecule has 1 atom stereocenters. The molecule has 1 heterocycles. The zero-order chi connectivity index (χ0) is 15.2. The highest BCUT2D eigenvalue weighted by atomic mass is 35.5. The van der Waals surface area contributed by atoms with Crippen LogP contribution in [-0.4, -0.2) is 53.8 Å². The van der Waals surface area contributed by atoms with Crippen LogP contribution in [0.25, 0.3) is 0 Å². The van der Waals surface area contributed by atoms with Gasteiger partial charge in [-0.25, -0.2) is 0 Å². The first-order valence-corrected chi connectivity index (χ1v) is 7.41. The van der Waals surface area contributed by atoms with Crippen LogP contribution in [0.15, 0.2) is 30.3 Å². The molecule has 0 aliphatic carbocycles. The molecule has 0 bridgehead atoms. The van der Waals surface area contributed by atoms with Gasteiger partial charge in [-0.15, -0.1) is 12.4 Å². The van der Waals surface area contributed by atoms with Crippen LogP contribution in [-0.2, 0) is 16.0 Å². The minimum absolute atomic E-state index is 0. The van der Waals surface area contributed by atoms with Crippen molar-refractivity contribution in [1.82, 2.24) is 9.80 Å². The number of carbonyl (C=O) groups excluding carboxylic acids is 2. The SMILES string of the molecule is CC(=O)N1CCCN(C(=O)C(N)Cc2ccccc2)CC1.Cl. The molecule has 2 rings (SSSR count). The van der Waals surface area contributed by atoms with E-state index < -0.39 is 6.04 Å². The number of hydrogen-bond donors (Lipinski definition) is 1. The molecule has 0 aromatic heterocycles. The topological polar surface area (TPSA) is 66.6 Å². The minimum Gasteiger partial charge on any atom is -0.341 e. The molecule has 22 heavy (non-hydrogen) atoms. The number of rotatable bonds is 3. The smallest absolute Gasteiger partial charge is 0.239 e. The summed E-state index contributed by atoms with van der Waals surface area (Å²) in [6.45, 7) is 4.12. The molecule has 1 unspecified atom stereocenters. The van der Waals surface area contributed by atoms with Crippen molar-refractivity contribution in [2.75, 3.05) is 26.2 Å². The van der Waals surface area contributed by atoms with E-state index in [1.807, 2.05) is 30.3 Å². The number of carbonyl (C=O) groups is 2. The van der Waals surface area contributed by atoms with Crippen molar-refractivity contribution in [3.8, 4) is 0 Å². The molecule has 122 valence electrons. The second-order valence-electron chi connectivity index (χ2n) is 5.48. The van der Waals surface area contributed by atoms with Crippen molar-refractivity contribution >= 4 is 24.2 Å². The molecule has 1 aromatic rings. The van der Waals surface area contributed by atoms with E-state index in [0.717, 1.165) is 12.0 Å². The molecule has 2 amide bonds. The largest absolute Gasteiger partial charge is 0.341 e. The number of halogens is 1. The Balaban J connectivity index is 0.00000242. The van der Waals surface area contributed by atoms with Crippen molar-refractivity contribution in [3.05, 3.63) is 35.9 Å². The van der Waals surface area contributed by atoms with E-state index >= 15 is 0 Å². The van der Waals surface area contributed by atoms with Crippen molar-refractivity contribution in [2.45, 2.75) is 25.8 Å². The maximum Gasteiger partial charge on any atom is 0.239 e. The minimum atomic E-state index is -0.517. The highest BCUT2D eigenvalue weighted by Gasteiger charge is 2.24. The third-order valence-electron chi connectivity index (χ3n) is 3.87. The Morgan fingerprint density at radius 1 is 1.09 bits per heavy atom. The van der Waals surface area contributed by atoms with Gasteiger partial charge in [-0.3, -0.25) is 9.59 Å². The predicted octanol–water partition coefficient (Wildman–Crippen LogP) is 1.06. The summed E-state index contributed by atoms with van der Waals surface area (Å²) >= 11 is 0. The van der Waals surface area contributed by atoms with Gasteiger partial charge in [0.05, 0.1) is 6.04 Å². The van der Waals surface area contributed by atoms with E-state index in [1.165, 1.54) is 0 Å². The summed E-state index contributed by atoms with van der Waals surface area (Å²) in [7, 11) is 0. The summed E-state index contributed by atoms with van der Waals surface area (Å²) < 4.78 is 0. The average Bonchev–Trinajstić information content (AvgIpc) is 2.73. The molecule has 5 nitrogen and oxygen atoms in total. The van der Waals surface area contributed by atoms with E-state index in [-0.39, 0.29) is 24.2 Å². The van der Waals surface area contributed by atoms with Crippen LogP contribution >= 0.6 is 12.4 Å². The first-order valence-electron chi connectivity index (χ1n) is 7.41. The van der Waals surface area contributed by atoms with Gasteiger partial charge in [0.25, 0.3) is 0 Å². The lowest BCUT2D eigenvalue weighted by Gasteiger charge is -2.24. The highest BCUT2D eigenvalue weighted by Crippen LogP contribution is 2.08. The number of nitrogens with two attached hydrogens (primary N) is 1. The lowest BCUT2D eigenvalue weighted by atomic mass is 10.1. The van der Waals surface area contributed by atoms with Gasteiger partial charge in [0, 0.05) is 33.1 Å². The lowest BCUT2D eigenvalue weighted by Crippen LogP contribution is -2.46. The Hall–Kier alpha value is -1.59. The van der Waals surface area contributed by atoms with Crippen molar-refractivity contribution < 1.29 is 9.59 Å². The molecule has 6 heteroatoms. The molecular weight excluding hydrogens is 302 g/mol. The molecule has 0 spiro atoms. The number of nitrogens with zero attached hydrogens (tertiary/aromatic N) is 2. The van der Waals surface area contributed by atoms with Gasteiger partial charge in [-0.05, 0) is 18.4 Å². The molecule has 0 radical (unpaired) electrons. The Labute approximate surface area is 137 Å². The summed E-state index contributed by atoms with van der Waals surface area (Å²) in [6, 6.07) is 9.28. The quantitative estimate of drug-likeness (QED) is 0.903. The third kappa shape index (κ3) is 5.00. The van der Waals surface area contributed by atoms with Gasteiger partial charge in [-0.1, -0.05) is 30.3 Å². The first-order chi connectivity index (χ1) is 10.1. The van der Waals surface area contributed by atoms with Crippen LogP contribution in [0.5, 0.6) is 0 Å². The van der Waals surface area contributed by atoms with Crippen LogP contribution in [0.2, 0.25) is 0 Å². The lowest BCUT2D eigenvalue weighted by molar-refractivity contribution is -0.133. The average molecular weight is 326 g/mol. The van der Waals surface area contributed by atoms with Gasteiger partial charge in [0.1, 0.15) is 0 Å². The second-order valence-corrected chi connectivity index (χ2v) is 5.48. The summed E-state index contributed by atoms with van der Waals surface area (Å²) in [6.07, 6.45) is 1.36. The molecule has 0 saturated carbocycles. The van der Waals surface area contributed by atoms with Crippen molar-refractivity contribution in [3.63, 3.8) is 0 Å². The van der Waals surface area contributed by atoms with Gasteiger partial charge in [0.15, 0.2) is 0 Å². The monoisotopic (exact) mass is 325 g/mol. The molecule has 1 aliphatic heterocycles. The molecule has 2 N–H and O–H groups in total. The molecule has 1 aromatic carbocycles. The van der Waals surface area contributed by atoms with E-state index in [9.17, 15) is 9.59 Å². The number of hydrogen-bond acceptors (Lipinski definition) is 3. The highest BCUT2D eigenvalue weighted by molar-refractivity contribution is 5.85. The fraction of sp³-hybridized carbons (Fsp3) is 0.500. The van der Waals surface area contributed by atoms with Crippen LogP contribution < -0.4 is 5.73 Å². The maximum absolute atomic E-state index is 12.4. The zero-order valence-corrected chi connectivity index (χ0v) is 13.7. The predicted molar refractivity (Wildman–Crippen MR) is 88.8 cm³/mol. The molecule has 1 aliphatic rings. The summed E-state index contributed by atoms with van der Waals surface area (Å²) in [5.74, 6) is 0.0436. The summed E-state index contributed by atoms with van der Waals surface area (Å²) in [5, 5.41) is 0. The van der Waals surface area contributed by atoms with Crippen molar-refractivity contribution in [2.24, 2.45) is 5.73 Å². The Bertz CT molecular complexity index is 495. The van der Waals surface area contributed by atoms with Gasteiger partial charge >= 0.3 is 0 Å². The van der Waals surface area contributed by atoms with Crippen LogP contribution in [0.4, 0.5) is 0 Å². The van der Waals surface area contributed by atoms with Crippen molar-refractivity contribution in [1.29, 1.82) is 0 Å². The molecule has 1 fully saturated rings. The molecule has 1 saturated heterocycles. The number of benzene rings is 1. The van der Waals surface area contributed by atoms with Crippen LogP contribution in [0.1, 0.15) is 18.9 Å². The van der Waals surface area contributed by atoms with Crippen LogP contribution in [0, 0.1) is 0 Å². The van der Waals surface area contributed by atoms with E-state index in [4.69, 9.17) is 5.73 Å². The van der Waals surface area contributed by atoms with E-state index in [1.54, 1.807) is 16.7 Å². The number of amides is 2. The third-order valence-corrected chi connectivity index (χ3v) is 3.87. The summed E-state index contributed by atoms with van der Waals surface area (Å²) in [5.41, 5.74) is 7.12. The van der Waals surface area contributed by atoms with Crippen LogP contribution in [0.3, 0.4) is 0 Å².